The van der Waals surface area contributed by atoms with Gasteiger partial charge in [0, 0.05) is 9.50 Å². The lowest BCUT2D eigenvalue weighted by Gasteiger charge is -2.18. The fraction of sp³-hybridized carbons (Fsp3) is 0.250. The first-order valence-corrected chi connectivity index (χ1v) is 7.64. The molecule has 3 N–H and O–H groups in total. The summed E-state index contributed by atoms with van der Waals surface area (Å²) in [6.45, 7) is 4.22. The molecule has 4 heteroatoms. The molecule has 0 aliphatic heterocycles. The van der Waals surface area contributed by atoms with Gasteiger partial charge in [-0.2, -0.15) is 0 Å². The molecule has 106 valence electrons. The summed E-state index contributed by atoms with van der Waals surface area (Å²) < 4.78 is 0.959. The smallest absolute Gasteiger partial charge is 0.0501 e. The molecule has 2 aromatic rings. The van der Waals surface area contributed by atoms with E-state index in [1.54, 1.807) is 0 Å². The molecule has 0 saturated heterocycles. The molecule has 0 heterocycles. The first-order valence-electron chi connectivity index (χ1n) is 6.47. The van der Waals surface area contributed by atoms with Crippen LogP contribution in [-0.2, 0) is 6.42 Å². The minimum atomic E-state index is 0.0335. The summed E-state index contributed by atoms with van der Waals surface area (Å²) in [5, 5.41) is 0.704. The fourth-order valence-corrected chi connectivity index (χ4v) is 3.36. The van der Waals surface area contributed by atoms with Crippen molar-refractivity contribution in [3.63, 3.8) is 0 Å². The van der Waals surface area contributed by atoms with E-state index in [1.807, 2.05) is 18.2 Å². The van der Waals surface area contributed by atoms with Gasteiger partial charge in [-0.25, -0.2) is 0 Å². The number of hydrogen-bond acceptors (Lipinski definition) is 2. The highest BCUT2D eigenvalue weighted by molar-refractivity contribution is 9.10. The van der Waals surface area contributed by atoms with Gasteiger partial charge in [-0.3, -0.25) is 11.3 Å². The molecule has 0 aromatic heterocycles. The van der Waals surface area contributed by atoms with Crippen molar-refractivity contribution in [3.05, 3.63) is 68.1 Å². The molecule has 0 aliphatic rings. The van der Waals surface area contributed by atoms with Crippen molar-refractivity contribution in [1.82, 2.24) is 5.43 Å². The number of hydrogen-bond donors (Lipinski definition) is 2. The van der Waals surface area contributed by atoms with Crippen LogP contribution in [-0.4, -0.2) is 0 Å². The summed E-state index contributed by atoms with van der Waals surface area (Å²) in [5.41, 5.74) is 7.75. The van der Waals surface area contributed by atoms with Crippen LogP contribution in [0.5, 0.6) is 0 Å². The fourth-order valence-electron chi connectivity index (χ4n) is 2.47. The van der Waals surface area contributed by atoms with Crippen molar-refractivity contribution in [1.29, 1.82) is 0 Å². The van der Waals surface area contributed by atoms with Crippen LogP contribution in [0.25, 0.3) is 0 Å². The monoisotopic (exact) mass is 352 g/mol. The first-order chi connectivity index (χ1) is 9.47. The van der Waals surface area contributed by atoms with E-state index in [9.17, 15) is 0 Å². The predicted octanol–water partition coefficient (Wildman–Crippen LogP) is 4.47. The van der Waals surface area contributed by atoms with E-state index >= 15 is 0 Å². The molecule has 1 atom stereocenters. The van der Waals surface area contributed by atoms with Crippen molar-refractivity contribution < 1.29 is 0 Å². The summed E-state index contributed by atoms with van der Waals surface area (Å²) >= 11 is 9.57. The maximum atomic E-state index is 6.11. The maximum absolute atomic E-state index is 6.11. The Labute approximate surface area is 133 Å². The summed E-state index contributed by atoms with van der Waals surface area (Å²) in [4.78, 5) is 0. The number of nitrogens with one attached hydrogen (secondary N) is 1. The third kappa shape index (κ3) is 4.06. The Balaban J connectivity index is 2.28. The minimum absolute atomic E-state index is 0.0335. The average molecular weight is 354 g/mol. The van der Waals surface area contributed by atoms with Crippen molar-refractivity contribution in [2.45, 2.75) is 26.3 Å². The van der Waals surface area contributed by atoms with Crippen LogP contribution in [0.4, 0.5) is 0 Å². The summed E-state index contributed by atoms with van der Waals surface area (Å²) in [6, 6.07) is 12.4. The van der Waals surface area contributed by atoms with Crippen molar-refractivity contribution >= 4 is 27.5 Å². The van der Waals surface area contributed by atoms with Crippen LogP contribution in [0.1, 0.15) is 28.3 Å². The van der Waals surface area contributed by atoms with Gasteiger partial charge in [0.15, 0.2) is 0 Å². The maximum Gasteiger partial charge on any atom is 0.0501 e. The second-order valence-electron chi connectivity index (χ2n) is 5.12. The molecule has 0 fully saturated rings. The molecule has 0 spiro atoms. The second-order valence-corrected chi connectivity index (χ2v) is 6.47. The zero-order valence-electron chi connectivity index (χ0n) is 11.6. The predicted molar refractivity (Wildman–Crippen MR) is 88.8 cm³/mol. The topological polar surface area (TPSA) is 38.0 Å². The number of aryl methyl sites for hydroxylation is 2. The van der Waals surface area contributed by atoms with Gasteiger partial charge in [-0.05, 0) is 49.6 Å². The SMILES string of the molecule is Cc1cc(C)cc(CC(NN)c2cc(Cl)cc(Br)c2)c1. The van der Waals surface area contributed by atoms with E-state index < -0.39 is 0 Å². The molecule has 0 aliphatic carbocycles. The van der Waals surface area contributed by atoms with Crippen LogP contribution in [0, 0.1) is 13.8 Å². The van der Waals surface area contributed by atoms with Crippen LogP contribution >= 0.6 is 27.5 Å². The lowest BCUT2D eigenvalue weighted by atomic mass is 9.97. The van der Waals surface area contributed by atoms with E-state index in [0.717, 1.165) is 16.5 Å². The number of benzene rings is 2. The number of hydrazine groups is 1. The minimum Gasteiger partial charge on any atom is -0.271 e. The van der Waals surface area contributed by atoms with E-state index in [1.165, 1.54) is 16.7 Å². The van der Waals surface area contributed by atoms with E-state index in [0.29, 0.717) is 5.02 Å². The average Bonchev–Trinajstić information content (AvgIpc) is 2.33. The normalized spacial score (nSPS) is 12.4. The van der Waals surface area contributed by atoms with Gasteiger partial charge in [-0.1, -0.05) is 56.9 Å². The van der Waals surface area contributed by atoms with Gasteiger partial charge < -0.3 is 0 Å². The van der Waals surface area contributed by atoms with Gasteiger partial charge in [0.1, 0.15) is 0 Å². The molecule has 2 rings (SSSR count). The Kier molecular flexibility index (Phi) is 5.22. The van der Waals surface area contributed by atoms with Crippen LogP contribution in [0.2, 0.25) is 5.02 Å². The first kappa shape index (κ1) is 15.5. The summed E-state index contributed by atoms with van der Waals surface area (Å²) in [7, 11) is 0. The Bertz CT molecular complexity index is 573. The summed E-state index contributed by atoms with van der Waals surface area (Å²) in [6.07, 6.45) is 0.825. The second kappa shape index (κ2) is 6.72. The number of rotatable bonds is 4. The molecule has 0 radical (unpaired) electrons. The highest BCUT2D eigenvalue weighted by Crippen LogP contribution is 2.26. The highest BCUT2D eigenvalue weighted by Gasteiger charge is 2.12. The van der Waals surface area contributed by atoms with Gasteiger partial charge in [0.2, 0.25) is 0 Å². The van der Waals surface area contributed by atoms with Crippen molar-refractivity contribution in [2.24, 2.45) is 5.84 Å². The van der Waals surface area contributed by atoms with Gasteiger partial charge in [-0.15, -0.1) is 0 Å². The third-order valence-corrected chi connectivity index (χ3v) is 3.89. The van der Waals surface area contributed by atoms with Gasteiger partial charge in [0.05, 0.1) is 6.04 Å². The molecule has 2 aromatic carbocycles. The zero-order valence-corrected chi connectivity index (χ0v) is 13.9. The van der Waals surface area contributed by atoms with E-state index in [2.05, 4.69) is 53.4 Å². The van der Waals surface area contributed by atoms with E-state index in [4.69, 9.17) is 17.4 Å². The molecule has 0 saturated carbocycles. The molecule has 20 heavy (non-hydrogen) atoms. The van der Waals surface area contributed by atoms with E-state index in [-0.39, 0.29) is 6.04 Å². The van der Waals surface area contributed by atoms with Crippen LogP contribution < -0.4 is 11.3 Å². The number of nitrogens with two attached hydrogens (primary N) is 1. The van der Waals surface area contributed by atoms with Crippen LogP contribution in [0.3, 0.4) is 0 Å². The Morgan fingerprint density at radius 1 is 1.10 bits per heavy atom. The standard InChI is InChI=1S/C16H18BrClN2/c1-10-3-11(2)5-12(4-10)6-16(20-19)13-7-14(17)9-15(18)8-13/h3-5,7-9,16,20H,6,19H2,1-2H3. The van der Waals surface area contributed by atoms with Gasteiger partial charge in [0.25, 0.3) is 0 Å². The van der Waals surface area contributed by atoms with Crippen LogP contribution in [0.15, 0.2) is 40.9 Å². The molecule has 0 bridgehead atoms. The lowest BCUT2D eigenvalue weighted by molar-refractivity contribution is 0.551. The molecule has 2 nitrogen and oxygen atoms in total. The van der Waals surface area contributed by atoms with Crippen molar-refractivity contribution in [3.8, 4) is 0 Å². The molecule has 0 amide bonds. The lowest BCUT2D eigenvalue weighted by Crippen LogP contribution is -2.29. The Morgan fingerprint density at radius 3 is 2.30 bits per heavy atom. The third-order valence-electron chi connectivity index (χ3n) is 3.21. The molecule has 1 unspecified atom stereocenters. The van der Waals surface area contributed by atoms with Gasteiger partial charge >= 0.3 is 0 Å². The highest BCUT2D eigenvalue weighted by atomic mass is 79.9. The molecular formula is C16H18BrClN2. The Morgan fingerprint density at radius 2 is 1.75 bits per heavy atom. The quantitative estimate of drug-likeness (QED) is 0.629. The van der Waals surface area contributed by atoms with Crippen molar-refractivity contribution in [2.75, 3.05) is 0 Å². The molecular weight excluding hydrogens is 336 g/mol. The summed E-state index contributed by atoms with van der Waals surface area (Å²) in [5.74, 6) is 5.72. The Hall–Kier alpha value is -0.870. The zero-order chi connectivity index (χ0) is 14.7. The number of halogens is 2. The largest absolute Gasteiger partial charge is 0.271 e.